The number of benzene rings is 2. The highest BCUT2D eigenvalue weighted by atomic mass is 35.5. The highest BCUT2D eigenvalue weighted by molar-refractivity contribution is 7.60. The molecule has 124 valence electrons. The summed E-state index contributed by atoms with van der Waals surface area (Å²) in [4.78, 5) is 0. The summed E-state index contributed by atoms with van der Waals surface area (Å²) >= 11 is 6.00. The number of rotatable bonds is 4. The first-order chi connectivity index (χ1) is 10.6. The lowest BCUT2D eigenvalue weighted by molar-refractivity contribution is 0.493. The monoisotopic (exact) mass is 351 g/mol. The Morgan fingerprint density at radius 1 is 1.09 bits per heavy atom. The summed E-state index contributed by atoms with van der Waals surface area (Å²) in [7, 11) is -3.05. The molecule has 0 fully saturated rings. The molecule has 3 nitrogen and oxygen atoms in total. The van der Waals surface area contributed by atoms with Crippen molar-refractivity contribution in [2.45, 2.75) is 33.1 Å². The van der Waals surface area contributed by atoms with Crippen LogP contribution in [0.3, 0.4) is 0 Å². The topological polar surface area (TPSA) is 38.3 Å². The first-order valence-corrected chi connectivity index (χ1v) is 9.94. The highest BCUT2D eigenvalue weighted by Gasteiger charge is 2.19. The van der Waals surface area contributed by atoms with Crippen LogP contribution < -0.4 is 9.61 Å². The normalized spacial score (nSPS) is 14.2. The molecular formula is C18H23ClNO2P. The second kappa shape index (κ2) is 6.59. The van der Waals surface area contributed by atoms with Crippen molar-refractivity contribution in [1.82, 2.24) is 0 Å². The Kier molecular flexibility index (Phi) is 5.13. The molecule has 0 aliphatic heterocycles. The van der Waals surface area contributed by atoms with E-state index in [1.54, 1.807) is 18.8 Å². The Morgan fingerprint density at radius 2 is 1.70 bits per heavy atom. The second-order valence-electron chi connectivity index (χ2n) is 6.78. The molecule has 0 radical (unpaired) electrons. The number of aryl methyl sites for hydroxylation is 1. The standard InChI is InChI=1S/C18H23ClNO2P/c1-13-6-9-15(19)12-17(13)20-23(5,21)22-16-10-7-14(8-11-16)18(2,3)4/h6-12H,1-5H3,(H,20,21)/t23-/m1/s1. The van der Waals surface area contributed by atoms with E-state index in [0.29, 0.717) is 10.8 Å². The SMILES string of the molecule is Cc1ccc(Cl)cc1N[P@](C)(=O)Oc1ccc(C(C)(C)C)cc1. The van der Waals surface area contributed by atoms with Crippen molar-refractivity contribution in [3.63, 3.8) is 0 Å². The van der Waals surface area contributed by atoms with Gasteiger partial charge in [0.15, 0.2) is 0 Å². The third-order valence-corrected chi connectivity index (χ3v) is 4.96. The summed E-state index contributed by atoms with van der Waals surface area (Å²) in [5.41, 5.74) is 2.96. The van der Waals surface area contributed by atoms with Gasteiger partial charge in [-0.2, -0.15) is 0 Å². The molecule has 0 aliphatic carbocycles. The number of hydrogen-bond donors (Lipinski definition) is 1. The van der Waals surface area contributed by atoms with Crippen molar-refractivity contribution in [3.8, 4) is 5.75 Å². The molecule has 1 N–H and O–H groups in total. The zero-order valence-electron chi connectivity index (χ0n) is 14.2. The molecule has 1 atom stereocenters. The quantitative estimate of drug-likeness (QED) is 0.660. The third-order valence-electron chi connectivity index (χ3n) is 3.52. The Hall–Kier alpha value is -1.44. The average molecular weight is 352 g/mol. The van der Waals surface area contributed by atoms with Gasteiger partial charge >= 0.3 is 7.52 Å². The van der Waals surface area contributed by atoms with Crippen LogP contribution in [0.5, 0.6) is 5.75 Å². The summed E-state index contributed by atoms with van der Waals surface area (Å²) in [5.74, 6) is 0.580. The lowest BCUT2D eigenvalue weighted by Gasteiger charge is -2.21. The van der Waals surface area contributed by atoms with E-state index in [9.17, 15) is 4.57 Å². The van der Waals surface area contributed by atoms with Gasteiger partial charge in [-0.1, -0.05) is 50.6 Å². The van der Waals surface area contributed by atoms with Crippen LogP contribution in [0.4, 0.5) is 5.69 Å². The summed E-state index contributed by atoms with van der Waals surface area (Å²) in [6.07, 6.45) is 0. The third kappa shape index (κ3) is 5.02. The van der Waals surface area contributed by atoms with Gasteiger partial charge in [-0.25, -0.2) is 0 Å². The molecule has 0 spiro atoms. The van der Waals surface area contributed by atoms with Gasteiger partial charge in [-0.15, -0.1) is 0 Å². The molecule has 2 aromatic carbocycles. The van der Waals surface area contributed by atoms with Crippen LogP contribution in [0, 0.1) is 6.92 Å². The number of anilines is 1. The summed E-state index contributed by atoms with van der Waals surface area (Å²) in [6.45, 7) is 9.94. The van der Waals surface area contributed by atoms with Gasteiger partial charge in [0.1, 0.15) is 5.75 Å². The molecule has 0 aliphatic rings. The first-order valence-electron chi connectivity index (χ1n) is 7.49. The molecule has 0 saturated heterocycles. The number of hydrogen-bond acceptors (Lipinski definition) is 2. The Labute approximate surface area is 143 Å². The van der Waals surface area contributed by atoms with E-state index in [1.165, 1.54) is 5.56 Å². The maximum absolute atomic E-state index is 12.7. The molecule has 23 heavy (non-hydrogen) atoms. The van der Waals surface area contributed by atoms with E-state index in [-0.39, 0.29) is 5.41 Å². The largest absolute Gasteiger partial charge is 0.429 e. The predicted molar refractivity (Wildman–Crippen MR) is 99.1 cm³/mol. The van der Waals surface area contributed by atoms with Gasteiger partial charge in [0, 0.05) is 17.4 Å². The second-order valence-corrected chi connectivity index (χ2v) is 9.32. The van der Waals surface area contributed by atoms with Crippen molar-refractivity contribution in [1.29, 1.82) is 0 Å². The maximum Gasteiger partial charge on any atom is 0.338 e. The number of halogens is 1. The minimum Gasteiger partial charge on any atom is -0.429 e. The van der Waals surface area contributed by atoms with E-state index < -0.39 is 7.52 Å². The average Bonchev–Trinajstić information content (AvgIpc) is 2.41. The van der Waals surface area contributed by atoms with E-state index in [4.69, 9.17) is 16.1 Å². The van der Waals surface area contributed by atoms with E-state index >= 15 is 0 Å². The van der Waals surface area contributed by atoms with Crippen LogP contribution >= 0.6 is 19.1 Å². The Balaban J connectivity index is 2.15. The van der Waals surface area contributed by atoms with Crippen LogP contribution in [0.15, 0.2) is 42.5 Å². The van der Waals surface area contributed by atoms with Crippen molar-refractivity contribution < 1.29 is 9.09 Å². The summed E-state index contributed by atoms with van der Waals surface area (Å²) in [6, 6.07) is 13.1. The fourth-order valence-electron chi connectivity index (χ4n) is 2.17. The van der Waals surface area contributed by atoms with Gasteiger partial charge in [0.2, 0.25) is 0 Å². The summed E-state index contributed by atoms with van der Waals surface area (Å²) < 4.78 is 18.4. The molecule has 5 heteroatoms. The lowest BCUT2D eigenvalue weighted by atomic mass is 9.87. The molecular weight excluding hydrogens is 329 g/mol. The van der Waals surface area contributed by atoms with E-state index in [0.717, 1.165) is 11.3 Å². The van der Waals surface area contributed by atoms with Gasteiger partial charge < -0.3 is 9.61 Å². The lowest BCUT2D eigenvalue weighted by Crippen LogP contribution is -2.10. The van der Waals surface area contributed by atoms with Crippen LogP contribution in [0.1, 0.15) is 31.9 Å². The molecule has 0 unspecified atom stereocenters. The van der Waals surface area contributed by atoms with Gasteiger partial charge in [-0.05, 0) is 47.7 Å². The molecule has 0 amide bonds. The maximum atomic E-state index is 12.7. The van der Waals surface area contributed by atoms with Crippen molar-refractivity contribution >= 4 is 24.8 Å². The Morgan fingerprint density at radius 3 is 2.26 bits per heavy atom. The van der Waals surface area contributed by atoms with Crippen LogP contribution in [-0.2, 0) is 9.98 Å². The minimum atomic E-state index is -3.05. The van der Waals surface area contributed by atoms with Crippen LogP contribution in [-0.4, -0.2) is 6.66 Å². The molecule has 0 saturated carbocycles. The zero-order valence-corrected chi connectivity index (χ0v) is 15.8. The molecule has 2 rings (SSSR count). The highest BCUT2D eigenvalue weighted by Crippen LogP contribution is 2.44. The Bertz CT molecular complexity index is 736. The van der Waals surface area contributed by atoms with Crippen molar-refractivity contribution in [2.24, 2.45) is 0 Å². The molecule has 0 bridgehead atoms. The van der Waals surface area contributed by atoms with E-state index in [2.05, 4.69) is 25.9 Å². The number of nitrogens with one attached hydrogen (secondary N) is 1. The predicted octanol–water partition coefficient (Wildman–Crippen LogP) is 6.26. The fraction of sp³-hybridized carbons (Fsp3) is 0.333. The molecule has 0 aromatic heterocycles. The molecule has 0 heterocycles. The van der Waals surface area contributed by atoms with Gasteiger partial charge in [0.05, 0.1) is 0 Å². The molecule has 2 aromatic rings. The van der Waals surface area contributed by atoms with E-state index in [1.807, 2.05) is 37.3 Å². The van der Waals surface area contributed by atoms with Crippen LogP contribution in [0.25, 0.3) is 0 Å². The zero-order chi connectivity index (χ0) is 17.3. The minimum absolute atomic E-state index is 0.0740. The van der Waals surface area contributed by atoms with Crippen molar-refractivity contribution in [3.05, 3.63) is 58.6 Å². The fourth-order valence-corrected chi connectivity index (χ4v) is 3.59. The summed E-state index contributed by atoms with van der Waals surface area (Å²) in [5, 5.41) is 3.56. The van der Waals surface area contributed by atoms with Gasteiger partial charge in [-0.3, -0.25) is 4.57 Å². The van der Waals surface area contributed by atoms with Gasteiger partial charge in [0.25, 0.3) is 0 Å². The van der Waals surface area contributed by atoms with Crippen molar-refractivity contribution in [2.75, 3.05) is 11.8 Å². The smallest absolute Gasteiger partial charge is 0.338 e. The van der Waals surface area contributed by atoms with Crippen LogP contribution in [0.2, 0.25) is 5.02 Å². The first kappa shape index (κ1) is 17.9.